The average Bonchev–Trinajstić information content (AvgIpc) is 2.87. The first-order valence-electron chi connectivity index (χ1n) is 7.22. The maximum Gasteiger partial charge on any atom is 0.494 e. The highest BCUT2D eigenvalue weighted by Gasteiger charge is 2.51. The number of hydrogen-bond donors (Lipinski definition) is 1. The van der Waals surface area contributed by atoms with Crippen LogP contribution >= 0.6 is 0 Å². The summed E-state index contributed by atoms with van der Waals surface area (Å²) in [5, 5.41) is 3.03. The van der Waals surface area contributed by atoms with Crippen molar-refractivity contribution in [2.75, 3.05) is 7.05 Å². The zero-order valence-corrected chi connectivity index (χ0v) is 13.2. The summed E-state index contributed by atoms with van der Waals surface area (Å²) in [6.45, 7) is 8.80. The van der Waals surface area contributed by atoms with E-state index in [9.17, 15) is 0 Å². The molecule has 0 aliphatic carbocycles. The monoisotopic (exact) mass is 288 g/mol. The van der Waals surface area contributed by atoms with Crippen LogP contribution in [0.2, 0.25) is 0 Å². The molecule has 1 aromatic carbocycles. The normalized spacial score (nSPS) is 20.3. The number of benzene rings is 1. The van der Waals surface area contributed by atoms with Gasteiger partial charge in [-0.3, -0.25) is 0 Å². The van der Waals surface area contributed by atoms with Crippen LogP contribution in [0.1, 0.15) is 33.6 Å². The predicted molar refractivity (Wildman–Crippen MR) is 82.5 cm³/mol. The molecule has 0 saturated carbocycles. The molecule has 2 aromatic rings. The zero-order chi connectivity index (χ0) is 15.3. The summed E-state index contributed by atoms with van der Waals surface area (Å²) in [6.07, 6.45) is 0. The largest absolute Gasteiger partial charge is 0.494 e. The Morgan fingerprint density at radius 3 is 2.43 bits per heavy atom. The number of oxazole rings is 1. The lowest BCUT2D eigenvalue weighted by atomic mass is 9.79. The van der Waals surface area contributed by atoms with Crippen LogP contribution in [0.5, 0.6) is 0 Å². The van der Waals surface area contributed by atoms with E-state index in [-0.39, 0.29) is 18.3 Å². The minimum Gasteiger partial charge on any atom is -0.439 e. The Kier molecular flexibility index (Phi) is 3.35. The maximum atomic E-state index is 6.06. The molecule has 2 heterocycles. The van der Waals surface area contributed by atoms with Crippen molar-refractivity contribution in [3.63, 3.8) is 0 Å². The molecule has 0 radical (unpaired) electrons. The third-order valence-corrected chi connectivity index (χ3v) is 4.31. The smallest absolute Gasteiger partial charge is 0.439 e. The molecule has 6 heteroatoms. The fourth-order valence-corrected chi connectivity index (χ4v) is 2.34. The Morgan fingerprint density at radius 1 is 1.14 bits per heavy atom. The highest BCUT2D eigenvalue weighted by atomic mass is 16.7. The Labute approximate surface area is 125 Å². The lowest BCUT2D eigenvalue weighted by Gasteiger charge is -2.32. The van der Waals surface area contributed by atoms with Crippen molar-refractivity contribution in [3.05, 3.63) is 24.1 Å². The van der Waals surface area contributed by atoms with Crippen molar-refractivity contribution >= 4 is 23.7 Å². The molecule has 0 amide bonds. The van der Waals surface area contributed by atoms with Crippen LogP contribution in [0.4, 0.5) is 0 Å². The summed E-state index contributed by atoms with van der Waals surface area (Å²) in [5.74, 6) is 0.679. The number of hydrogen-bond acceptors (Lipinski definition) is 5. The maximum absolute atomic E-state index is 6.06. The molecule has 1 N–H and O–H groups in total. The number of nitrogens with zero attached hydrogens (tertiary/aromatic N) is 1. The van der Waals surface area contributed by atoms with E-state index < -0.39 is 0 Å². The minimum absolute atomic E-state index is 0.340. The fourth-order valence-electron chi connectivity index (χ4n) is 2.34. The molecular weight excluding hydrogens is 267 g/mol. The Hall–Kier alpha value is -1.37. The molecule has 0 unspecified atom stereocenters. The lowest BCUT2D eigenvalue weighted by molar-refractivity contribution is 0.00578. The van der Waals surface area contributed by atoms with Gasteiger partial charge in [0.1, 0.15) is 5.52 Å². The summed E-state index contributed by atoms with van der Waals surface area (Å²) < 4.78 is 17.8. The van der Waals surface area contributed by atoms with Crippen LogP contribution in [0.3, 0.4) is 0 Å². The molecule has 5 nitrogen and oxygen atoms in total. The Bertz CT molecular complexity index is 650. The van der Waals surface area contributed by atoms with Gasteiger partial charge in [-0.05, 0) is 52.3 Å². The first-order chi connectivity index (χ1) is 9.82. The van der Waals surface area contributed by atoms with E-state index in [4.69, 9.17) is 13.7 Å². The molecule has 0 spiro atoms. The summed E-state index contributed by atoms with van der Waals surface area (Å²) in [4.78, 5) is 4.47. The van der Waals surface area contributed by atoms with E-state index in [2.05, 4.69) is 10.3 Å². The Morgan fingerprint density at radius 2 is 1.81 bits per heavy atom. The second kappa shape index (κ2) is 4.83. The number of nitrogens with one attached hydrogen (secondary N) is 1. The number of fused-ring (bicyclic) bond motifs is 1. The first-order valence-corrected chi connectivity index (χ1v) is 7.22. The Balaban J connectivity index is 1.91. The van der Waals surface area contributed by atoms with Crippen molar-refractivity contribution < 1.29 is 13.7 Å². The number of aromatic nitrogens is 1. The van der Waals surface area contributed by atoms with Gasteiger partial charge in [-0.25, -0.2) is 4.98 Å². The van der Waals surface area contributed by atoms with E-state index in [0.717, 1.165) is 16.6 Å². The van der Waals surface area contributed by atoms with Gasteiger partial charge in [0, 0.05) is 0 Å². The second-order valence-electron chi connectivity index (χ2n) is 6.45. The van der Waals surface area contributed by atoms with Gasteiger partial charge >= 0.3 is 7.12 Å². The van der Waals surface area contributed by atoms with Gasteiger partial charge in [0.15, 0.2) is 5.58 Å². The van der Waals surface area contributed by atoms with Crippen molar-refractivity contribution in [3.8, 4) is 0 Å². The third-order valence-electron chi connectivity index (χ3n) is 4.31. The highest BCUT2D eigenvalue weighted by molar-refractivity contribution is 6.62. The van der Waals surface area contributed by atoms with Crippen LogP contribution in [0.15, 0.2) is 22.6 Å². The SMILES string of the molecule is CNCc1nc2cc(B3OC(C)(C)C(C)(C)O3)ccc2o1. The summed E-state index contributed by atoms with van der Waals surface area (Å²) in [6, 6.07) is 5.86. The topological polar surface area (TPSA) is 56.5 Å². The molecule has 21 heavy (non-hydrogen) atoms. The summed E-state index contributed by atoms with van der Waals surface area (Å²) >= 11 is 0. The highest BCUT2D eigenvalue weighted by Crippen LogP contribution is 2.36. The van der Waals surface area contributed by atoms with Gasteiger partial charge in [0.05, 0.1) is 17.7 Å². The van der Waals surface area contributed by atoms with Gasteiger partial charge in [-0.15, -0.1) is 0 Å². The van der Waals surface area contributed by atoms with Crippen molar-refractivity contribution in [1.29, 1.82) is 0 Å². The average molecular weight is 288 g/mol. The van der Waals surface area contributed by atoms with Crippen LogP contribution < -0.4 is 10.8 Å². The predicted octanol–water partition coefficient (Wildman–Crippen LogP) is 1.85. The molecule has 1 aliphatic rings. The molecule has 1 fully saturated rings. The van der Waals surface area contributed by atoms with Gasteiger partial charge in [0.2, 0.25) is 5.89 Å². The van der Waals surface area contributed by atoms with Crippen molar-refractivity contribution in [2.24, 2.45) is 0 Å². The standard InChI is InChI=1S/C15H21BN2O3/c1-14(2)15(3,4)21-16(20-14)10-6-7-12-11(8-10)18-13(19-12)9-17-5/h6-8,17H,9H2,1-5H3. The van der Waals surface area contributed by atoms with E-state index in [1.165, 1.54) is 0 Å². The molecule has 0 atom stereocenters. The summed E-state index contributed by atoms with van der Waals surface area (Å²) in [5.41, 5.74) is 1.89. The zero-order valence-electron chi connectivity index (χ0n) is 13.2. The third kappa shape index (κ3) is 2.48. The molecule has 1 aromatic heterocycles. The molecular formula is C15H21BN2O3. The molecule has 112 valence electrons. The van der Waals surface area contributed by atoms with Crippen LogP contribution in [0, 0.1) is 0 Å². The van der Waals surface area contributed by atoms with Gasteiger partial charge in [-0.2, -0.15) is 0 Å². The number of rotatable bonds is 3. The van der Waals surface area contributed by atoms with Crippen molar-refractivity contribution in [1.82, 2.24) is 10.3 Å². The van der Waals surface area contributed by atoms with E-state index in [0.29, 0.717) is 12.4 Å². The van der Waals surface area contributed by atoms with Gasteiger partial charge < -0.3 is 19.0 Å². The quantitative estimate of drug-likeness (QED) is 0.873. The van der Waals surface area contributed by atoms with E-state index >= 15 is 0 Å². The molecule has 3 rings (SSSR count). The van der Waals surface area contributed by atoms with Gasteiger partial charge in [0.25, 0.3) is 0 Å². The van der Waals surface area contributed by atoms with Crippen molar-refractivity contribution in [2.45, 2.75) is 45.4 Å². The fraction of sp³-hybridized carbons (Fsp3) is 0.533. The van der Waals surface area contributed by atoms with Crippen LogP contribution in [-0.4, -0.2) is 30.4 Å². The minimum atomic E-state index is -0.371. The summed E-state index contributed by atoms with van der Waals surface area (Å²) in [7, 11) is 1.49. The first kappa shape index (κ1) is 14.6. The van der Waals surface area contributed by atoms with Gasteiger partial charge in [-0.1, -0.05) is 6.07 Å². The lowest BCUT2D eigenvalue weighted by Crippen LogP contribution is -2.41. The molecule has 1 aliphatic heterocycles. The van der Waals surface area contributed by atoms with E-state index in [1.807, 2.05) is 52.9 Å². The molecule has 1 saturated heterocycles. The van der Waals surface area contributed by atoms with Crippen LogP contribution in [-0.2, 0) is 15.9 Å². The van der Waals surface area contributed by atoms with Crippen LogP contribution in [0.25, 0.3) is 11.1 Å². The molecule has 0 bridgehead atoms. The van der Waals surface area contributed by atoms with E-state index in [1.54, 1.807) is 0 Å². The second-order valence-corrected chi connectivity index (χ2v) is 6.45.